The highest BCUT2D eigenvalue weighted by Gasteiger charge is 2.48. The molecule has 2 saturated carbocycles. The van der Waals surface area contributed by atoms with Crippen LogP contribution in [0.5, 0.6) is 0 Å². The molecule has 1 heterocycles. The van der Waals surface area contributed by atoms with Crippen molar-refractivity contribution in [2.45, 2.75) is 83.7 Å². The Balaban J connectivity index is 1.62. The number of unbranched alkanes of at least 4 members (excludes halogenated alkanes) is 1. The molecule has 0 bridgehead atoms. The summed E-state index contributed by atoms with van der Waals surface area (Å²) in [5.74, 6) is 2.88. The number of hydrogen-bond donors (Lipinski definition) is 1. The minimum Gasteiger partial charge on any atom is -0.308 e. The Labute approximate surface area is 132 Å². The first kappa shape index (κ1) is 15.8. The maximum Gasteiger partial charge on any atom is 0.0309 e. The predicted octanol–water partition coefficient (Wildman–Crippen LogP) is 4.06. The normalized spacial score (nSPS) is 35.9. The van der Waals surface area contributed by atoms with Crippen LogP contribution in [0, 0.1) is 17.8 Å². The van der Waals surface area contributed by atoms with E-state index in [0.29, 0.717) is 5.54 Å². The van der Waals surface area contributed by atoms with Crippen molar-refractivity contribution in [3.8, 4) is 0 Å². The van der Waals surface area contributed by atoms with Crippen molar-refractivity contribution in [2.75, 3.05) is 19.6 Å². The van der Waals surface area contributed by atoms with E-state index in [-0.39, 0.29) is 0 Å². The lowest BCUT2D eigenvalue weighted by atomic mass is 9.88. The lowest BCUT2D eigenvalue weighted by molar-refractivity contribution is 0.0489. The molecule has 3 aliphatic rings. The summed E-state index contributed by atoms with van der Waals surface area (Å²) in [6.07, 6.45) is 11.4. The van der Waals surface area contributed by atoms with Gasteiger partial charge in [-0.2, -0.15) is 0 Å². The van der Waals surface area contributed by atoms with E-state index in [1.807, 2.05) is 0 Å². The molecule has 1 saturated heterocycles. The van der Waals surface area contributed by atoms with Crippen molar-refractivity contribution in [1.82, 2.24) is 10.2 Å². The molecule has 2 nitrogen and oxygen atoms in total. The summed E-state index contributed by atoms with van der Waals surface area (Å²) in [5, 5.41) is 3.95. The zero-order valence-electron chi connectivity index (χ0n) is 14.5. The summed E-state index contributed by atoms with van der Waals surface area (Å²) in [4.78, 5) is 2.91. The number of nitrogens with zero attached hydrogens (tertiary/aromatic N) is 1. The van der Waals surface area contributed by atoms with E-state index < -0.39 is 0 Å². The minimum atomic E-state index is 0.411. The summed E-state index contributed by atoms with van der Waals surface area (Å²) < 4.78 is 0. The van der Waals surface area contributed by atoms with E-state index in [2.05, 4.69) is 31.0 Å². The standard InChI is InChI=1S/C19H36N2/c1-4-6-7-15(5-2)13-21-14-19(3,17-10-11-17)20-12-18(21)16-8-9-16/h15-18,20H,4-14H2,1-3H3. The molecule has 2 aliphatic carbocycles. The molecule has 1 N–H and O–H groups in total. The highest BCUT2D eigenvalue weighted by atomic mass is 15.3. The molecule has 0 spiro atoms. The van der Waals surface area contributed by atoms with Crippen molar-refractivity contribution in [2.24, 2.45) is 17.8 Å². The first-order valence-corrected chi connectivity index (χ1v) is 9.65. The third-order valence-electron chi connectivity index (χ3n) is 6.40. The van der Waals surface area contributed by atoms with Crippen LogP contribution in [0.25, 0.3) is 0 Å². The van der Waals surface area contributed by atoms with Crippen LogP contribution in [-0.4, -0.2) is 36.1 Å². The predicted molar refractivity (Wildman–Crippen MR) is 90.5 cm³/mol. The van der Waals surface area contributed by atoms with Gasteiger partial charge in [-0.15, -0.1) is 0 Å². The monoisotopic (exact) mass is 292 g/mol. The van der Waals surface area contributed by atoms with Gasteiger partial charge in [-0.3, -0.25) is 4.90 Å². The topological polar surface area (TPSA) is 15.3 Å². The maximum absolute atomic E-state index is 3.95. The average Bonchev–Trinajstić information content (AvgIpc) is 3.34. The molecular formula is C19H36N2. The molecule has 3 atom stereocenters. The van der Waals surface area contributed by atoms with Crippen LogP contribution in [0.2, 0.25) is 0 Å². The van der Waals surface area contributed by atoms with Gasteiger partial charge >= 0.3 is 0 Å². The Morgan fingerprint density at radius 3 is 2.52 bits per heavy atom. The van der Waals surface area contributed by atoms with Crippen LogP contribution in [-0.2, 0) is 0 Å². The van der Waals surface area contributed by atoms with Crippen LogP contribution >= 0.6 is 0 Å². The molecule has 0 aromatic carbocycles. The van der Waals surface area contributed by atoms with Crippen molar-refractivity contribution in [3.05, 3.63) is 0 Å². The van der Waals surface area contributed by atoms with Gasteiger partial charge in [0.1, 0.15) is 0 Å². The van der Waals surface area contributed by atoms with E-state index in [9.17, 15) is 0 Å². The van der Waals surface area contributed by atoms with E-state index in [1.165, 1.54) is 71.0 Å². The number of hydrogen-bond acceptors (Lipinski definition) is 2. The Morgan fingerprint density at radius 1 is 1.19 bits per heavy atom. The highest BCUT2D eigenvalue weighted by molar-refractivity contribution is 5.06. The molecule has 0 aromatic rings. The SMILES string of the molecule is CCCCC(CC)CN1CC(C)(C2CC2)NCC1C1CC1. The van der Waals surface area contributed by atoms with Crippen molar-refractivity contribution in [1.29, 1.82) is 0 Å². The van der Waals surface area contributed by atoms with Crippen LogP contribution in [0.4, 0.5) is 0 Å². The number of piperazine rings is 1. The first-order valence-electron chi connectivity index (χ1n) is 9.65. The van der Waals surface area contributed by atoms with Crippen molar-refractivity contribution in [3.63, 3.8) is 0 Å². The third-order valence-corrected chi connectivity index (χ3v) is 6.40. The van der Waals surface area contributed by atoms with E-state index in [1.54, 1.807) is 0 Å². The van der Waals surface area contributed by atoms with Gasteiger partial charge in [0, 0.05) is 31.2 Å². The van der Waals surface area contributed by atoms with Gasteiger partial charge in [-0.25, -0.2) is 0 Å². The average molecular weight is 293 g/mol. The molecule has 3 rings (SSSR count). The second kappa shape index (κ2) is 6.58. The third kappa shape index (κ3) is 3.82. The van der Waals surface area contributed by atoms with Crippen LogP contribution in [0.1, 0.15) is 72.1 Å². The second-order valence-corrected chi connectivity index (χ2v) is 8.32. The first-order chi connectivity index (χ1) is 10.2. The summed E-state index contributed by atoms with van der Waals surface area (Å²) in [6, 6.07) is 0.840. The molecule has 122 valence electrons. The fourth-order valence-corrected chi connectivity index (χ4v) is 4.45. The van der Waals surface area contributed by atoms with Gasteiger partial charge < -0.3 is 5.32 Å². The highest BCUT2D eigenvalue weighted by Crippen LogP contribution is 2.44. The van der Waals surface area contributed by atoms with E-state index in [4.69, 9.17) is 0 Å². The van der Waals surface area contributed by atoms with Gasteiger partial charge in [0.25, 0.3) is 0 Å². The van der Waals surface area contributed by atoms with E-state index in [0.717, 1.165) is 23.8 Å². The maximum atomic E-state index is 3.95. The van der Waals surface area contributed by atoms with Gasteiger partial charge in [0.05, 0.1) is 0 Å². The van der Waals surface area contributed by atoms with Crippen LogP contribution < -0.4 is 5.32 Å². The second-order valence-electron chi connectivity index (χ2n) is 8.32. The summed E-state index contributed by atoms with van der Waals surface area (Å²) >= 11 is 0. The molecular weight excluding hydrogens is 256 g/mol. The van der Waals surface area contributed by atoms with E-state index >= 15 is 0 Å². The van der Waals surface area contributed by atoms with Gasteiger partial charge in [-0.1, -0.05) is 33.1 Å². The smallest absolute Gasteiger partial charge is 0.0309 e. The Bertz CT molecular complexity index is 334. The fraction of sp³-hybridized carbons (Fsp3) is 1.00. The van der Waals surface area contributed by atoms with Crippen LogP contribution in [0.15, 0.2) is 0 Å². The fourth-order valence-electron chi connectivity index (χ4n) is 4.45. The van der Waals surface area contributed by atoms with Gasteiger partial charge in [-0.05, 0) is 56.8 Å². The largest absolute Gasteiger partial charge is 0.308 e. The van der Waals surface area contributed by atoms with Gasteiger partial charge in [0.15, 0.2) is 0 Å². The summed E-state index contributed by atoms with van der Waals surface area (Å²) in [7, 11) is 0. The van der Waals surface area contributed by atoms with Gasteiger partial charge in [0.2, 0.25) is 0 Å². The molecule has 0 amide bonds. The lowest BCUT2D eigenvalue weighted by Crippen LogP contribution is -2.65. The minimum absolute atomic E-state index is 0.411. The molecule has 3 unspecified atom stereocenters. The van der Waals surface area contributed by atoms with Crippen molar-refractivity contribution >= 4 is 0 Å². The zero-order valence-corrected chi connectivity index (χ0v) is 14.5. The number of rotatable bonds is 8. The molecule has 3 fully saturated rings. The van der Waals surface area contributed by atoms with Crippen molar-refractivity contribution < 1.29 is 0 Å². The van der Waals surface area contributed by atoms with Crippen LogP contribution in [0.3, 0.4) is 0 Å². The Kier molecular flexibility index (Phi) is 4.95. The molecule has 0 radical (unpaired) electrons. The molecule has 21 heavy (non-hydrogen) atoms. The summed E-state index contributed by atoms with van der Waals surface area (Å²) in [5.41, 5.74) is 0.411. The lowest BCUT2D eigenvalue weighted by Gasteiger charge is -2.48. The Hall–Kier alpha value is -0.0800. The zero-order chi connectivity index (χ0) is 14.9. The number of nitrogens with one attached hydrogen (secondary N) is 1. The summed E-state index contributed by atoms with van der Waals surface area (Å²) in [6.45, 7) is 11.1. The molecule has 2 heteroatoms. The Morgan fingerprint density at radius 2 is 1.95 bits per heavy atom. The molecule has 0 aromatic heterocycles. The quantitative estimate of drug-likeness (QED) is 0.726. The molecule has 1 aliphatic heterocycles.